The Balaban J connectivity index is 1.52. The number of hydrogen-bond acceptors (Lipinski definition) is 6. The molecule has 0 saturated carbocycles. The first-order chi connectivity index (χ1) is 18.7. The minimum Gasteiger partial charge on any atom is -0.493 e. The molecule has 1 N–H and O–H groups in total. The number of sulfonamides is 1. The molecule has 3 aromatic carbocycles. The van der Waals surface area contributed by atoms with Gasteiger partial charge in [0.05, 0.1) is 24.8 Å². The van der Waals surface area contributed by atoms with E-state index in [0.29, 0.717) is 18.7 Å². The van der Waals surface area contributed by atoms with Gasteiger partial charge in [-0.1, -0.05) is 24.3 Å². The number of carbonyl (C=O) groups is 2. The van der Waals surface area contributed by atoms with Gasteiger partial charge < -0.3 is 19.7 Å². The number of likely N-dealkylation sites (tertiary alicyclic amines) is 1. The van der Waals surface area contributed by atoms with E-state index in [1.54, 1.807) is 4.90 Å². The maximum atomic E-state index is 13.7. The quantitative estimate of drug-likeness (QED) is 0.389. The van der Waals surface area contributed by atoms with Crippen molar-refractivity contribution in [2.45, 2.75) is 30.8 Å². The number of halogens is 1. The maximum absolute atomic E-state index is 13.7. The van der Waals surface area contributed by atoms with Crippen molar-refractivity contribution in [2.75, 3.05) is 31.6 Å². The highest BCUT2D eigenvalue weighted by Crippen LogP contribution is 2.32. The van der Waals surface area contributed by atoms with Crippen LogP contribution in [0.3, 0.4) is 0 Å². The summed E-state index contributed by atoms with van der Waals surface area (Å²) in [6.45, 7) is 0.856. The second-order valence-electron chi connectivity index (χ2n) is 9.02. The Hall–Kier alpha value is -4.12. The van der Waals surface area contributed by atoms with Gasteiger partial charge in [0.2, 0.25) is 11.8 Å². The number of ether oxygens (including phenoxy) is 2. The van der Waals surface area contributed by atoms with Crippen LogP contribution in [0.4, 0.5) is 10.1 Å². The van der Waals surface area contributed by atoms with E-state index in [9.17, 15) is 22.4 Å². The molecule has 0 spiro atoms. The van der Waals surface area contributed by atoms with Crippen LogP contribution < -0.4 is 19.1 Å². The standard InChI is InChI=1S/C28H30FN3O6S/c1-37-25-13-12-24(16-26(25)38-2)39(35,36)32(23-10-8-22(29)9-11-23)19-27(33)30-17-20-5-3-6-21(15-20)18-31-14-4-7-28(31)34/h3,5-6,8-13,15-16H,4,7,14,17-19H2,1-2H3,(H,30,33). The predicted octanol–water partition coefficient (Wildman–Crippen LogP) is 3.48. The van der Waals surface area contributed by atoms with Gasteiger partial charge in [0.25, 0.3) is 10.0 Å². The SMILES string of the molecule is COc1ccc(S(=O)(=O)N(CC(=O)NCc2cccc(CN3CCCC3=O)c2)c2ccc(F)cc2)cc1OC. The Bertz CT molecular complexity index is 1450. The van der Waals surface area contributed by atoms with E-state index in [1.165, 1.54) is 44.6 Å². The summed E-state index contributed by atoms with van der Waals surface area (Å²) in [6, 6.07) is 16.5. The second kappa shape index (κ2) is 12.2. The Morgan fingerprint density at radius 2 is 1.72 bits per heavy atom. The van der Waals surface area contributed by atoms with Gasteiger partial charge in [-0.2, -0.15) is 0 Å². The lowest BCUT2D eigenvalue weighted by Gasteiger charge is -2.24. The van der Waals surface area contributed by atoms with Crippen LogP contribution in [0, 0.1) is 5.82 Å². The molecule has 39 heavy (non-hydrogen) atoms. The van der Waals surface area contributed by atoms with Gasteiger partial charge in [0.1, 0.15) is 12.4 Å². The summed E-state index contributed by atoms with van der Waals surface area (Å²) in [5.41, 5.74) is 1.88. The number of rotatable bonds is 11. The van der Waals surface area contributed by atoms with Crippen molar-refractivity contribution in [2.24, 2.45) is 0 Å². The van der Waals surface area contributed by atoms with Crippen LogP contribution in [0.1, 0.15) is 24.0 Å². The number of benzene rings is 3. The molecule has 9 nitrogen and oxygen atoms in total. The predicted molar refractivity (Wildman–Crippen MR) is 143 cm³/mol. The number of amides is 2. The highest BCUT2D eigenvalue weighted by Gasteiger charge is 2.28. The Morgan fingerprint density at radius 3 is 2.38 bits per heavy atom. The molecule has 11 heteroatoms. The number of anilines is 1. The molecule has 1 fully saturated rings. The minimum absolute atomic E-state index is 0.124. The van der Waals surface area contributed by atoms with Crippen LogP contribution in [0.15, 0.2) is 71.6 Å². The first kappa shape index (κ1) is 27.9. The fourth-order valence-electron chi connectivity index (χ4n) is 4.34. The van der Waals surface area contributed by atoms with E-state index in [2.05, 4.69) is 5.32 Å². The third-order valence-electron chi connectivity index (χ3n) is 6.37. The average molecular weight is 556 g/mol. The maximum Gasteiger partial charge on any atom is 0.264 e. The fourth-order valence-corrected chi connectivity index (χ4v) is 5.78. The van der Waals surface area contributed by atoms with Crippen molar-refractivity contribution in [1.82, 2.24) is 10.2 Å². The van der Waals surface area contributed by atoms with Crippen molar-refractivity contribution < 1.29 is 31.9 Å². The van der Waals surface area contributed by atoms with Crippen molar-refractivity contribution in [3.8, 4) is 11.5 Å². The van der Waals surface area contributed by atoms with Gasteiger partial charge in [-0.3, -0.25) is 13.9 Å². The molecule has 1 heterocycles. The zero-order valence-electron chi connectivity index (χ0n) is 21.7. The molecule has 0 aromatic heterocycles. The van der Waals surface area contributed by atoms with E-state index in [4.69, 9.17) is 9.47 Å². The third kappa shape index (κ3) is 6.66. The van der Waals surface area contributed by atoms with Gasteiger partial charge >= 0.3 is 0 Å². The monoisotopic (exact) mass is 555 g/mol. The molecule has 4 rings (SSSR count). The first-order valence-electron chi connectivity index (χ1n) is 12.3. The average Bonchev–Trinajstić information content (AvgIpc) is 3.34. The largest absolute Gasteiger partial charge is 0.493 e. The summed E-state index contributed by atoms with van der Waals surface area (Å²) >= 11 is 0. The fraction of sp³-hybridized carbons (Fsp3) is 0.286. The summed E-state index contributed by atoms with van der Waals surface area (Å²) < 4.78 is 52.3. The summed E-state index contributed by atoms with van der Waals surface area (Å²) in [4.78, 5) is 26.6. The first-order valence-corrected chi connectivity index (χ1v) is 13.8. The normalized spacial score (nSPS) is 13.3. The second-order valence-corrected chi connectivity index (χ2v) is 10.9. The lowest BCUT2D eigenvalue weighted by atomic mass is 10.1. The van der Waals surface area contributed by atoms with Crippen LogP contribution in [0.25, 0.3) is 0 Å². The van der Waals surface area contributed by atoms with Crippen LogP contribution in [0.5, 0.6) is 11.5 Å². The van der Waals surface area contributed by atoms with E-state index in [0.717, 1.165) is 40.5 Å². The van der Waals surface area contributed by atoms with E-state index < -0.39 is 28.3 Å². The van der Waals surface area contributed by atoms with Crippen molar-refractivity contribution >= 4 is 27.5 Å². The molecular formula is C28H30FN3O6S. The van der Waals surface area contributed by atoms with Gasteiger partial charge in [-0.05, 0) is 53.9 Å². The molecule has 206 valence electrons. The highest BCUT2D eigenvalue weighted by molar-refractivity contribution is 7.92. The summed E-state index contributed by atoms with van der Waals surface area (Å²) in [7, 11) is -1.43. The highest BCUT2D eigenvalue weighted by atomic mass is 32.2. The lowest BCUT2D eigenvalue weighted by Crippen LogP contribution is -2.40. The number of carbonyl (C=O) groups excluding carboxylic acids is 2. The molecule has 1 saturated heterocycles. The number of methoxy groups -OCH3 is 2. The van der Waals surface area contributed by atoms with Gasteiger partial charge in [-0.15, -0.1) is 0 Å². The number of hydrogen-bond donors (Lipinski definition) is 1. The molecule has 0 atom stereocenters. The van der Waals surface area contributed by atoms with Gasteiger partial charge in [-0.25, -0.2) is 12.8 Å². The van der Waals surface area contributed by atoms with Crippen LogP contribution in [-0.2, 0) is 32.7 Å². The molecule has 1 aliphatic heterocycles. The van der Waals surface area contributed by atoms with Crippen LogP contribution in [0.2, 0.25) is 0 Å². The summed E-state index contributed by atoms with van der Waals surface area (Å²) in [5, 5.41) is 2.76. The smallest absolute Gasteiger partial charge is 0.264 e. The Labute approximate surface area is 227 Å². The van der Waals surface area contributed by atoms with Gasteiger partial charge in [0, 0.05) is 32.1 Å². The molecule has 3 aromatic rings. The van der Waals surface area contributed by atoms with Crippen LogP contribution in [-0.4, -0.2) is 52.4 Å². The van der Waals surface area contributed by atoms with Crippen molar-refractivity contribution in [3.05, 3.63) is 83.7 Å². The zero-order chi connectivity index (χ0) is 28.0. The molecule has 1 aliphatic rings. The van der Waals surface area contributed by atoms with E-state index in [1.807, 2.05) is 24.3 Å². The minimum atomic E-state index is -4.25. The molecule has 0 radical (unpaired) electrons. The van der Waals surface area contributed by atoms with E-state index >= 15 is 0 Å². The summed E-state index contributed by atoms with van der Waals surface area (Å²) in [5.74, 6) is -0.410. The third-order valence-corrected chi connectivity index (χ3v) is 8.14. The molecule has 2 amide bonds. The van der Waals surface area contributed by atoms with Crippen molar-refractivity contribution in [1.29, 1.82) is 0 Å². The van der Waals surface area contributed by atoms with Crippen molar-refractivity contribution in [3.63, 3.8) is 0 Å². The Morgan fingerprint density at radius 1 is 1.00 bits per heavy atom. The van der Waals surface area contributed by atoms with Crippen LogP contribution >= 0.6 is 0 Å². The molecular weight excluding hydrogens is 525 g/mol. The molecule has 0 bridgehead atoms. The zero-order valence-corrected chi connectivity index (χ0v) is 22.5. The van der Waals surface area contributed by atoms with E-state index in [-0.39, 0.29) is 28.8 Å². The van der Waals surface area contributed by atoms with Gasteiger partial charge in [0.15, 0.2) is 11.5 Å². The lowest BCUT2D eigenvalue weighted by molar-refractivity contribution is -0.128. The molecule has 0 aliphatic carbocycles. The Kier molecular flexibility index (Phi) is 8.70. The topological polar surface area (TPSA) is 105 Å². The number of nitrogens with one attached hydrogen (secondary N) is 1. The number of nitrogens with zero attached hydrogens (tertiary/aromatic N) is 2. The summed E-state index contributed by atoms with van der Waals surface area (Å²) in [6.07, 6.45) is 1.41. The molecule has 0 unspecified atom stereocenters.